The molecule has 4 N–H and O–H groups in total. The van der Waals surface area contributed by atoms with Crippen molar-refractivity contribution in [1.82, 2.24) is 9.97 Å². The van der Waals surface area contributed by atoms with Crippen LogP contribution in [0.5, 0.6) is 0 Å². The average Bonchev–Trinajstić information content (AvgIpc) is 2.70. The quantitative estimate of drug-likeness (QED) is 0.436. The minimum atomic E-state index is -0.582. The molecule has 28 heavy (non-hydrogen) atoms. The second-order valence-corrected chi connectivity index (χ2v) is 5.91. The molecule has 2 aromatic carbocycles. The fourth-order valence-electron chi connectivity index (χ4n) is 2.44. The van der Waals surface area contributed by atoms with Crippen LogP contribution in [0.1, 0.15) is 16.8 Å². The first-order valence-corrected chi connectivity index (χ1v) is 8.28. The van der Waals surface area contributed by atoms with Crippen molar-refractivity contribution in [2.45, 2.75) is 0 Å². The van der Waals surface area contributed by atoms with Crippen molar-refractivity contribution in [3.8, 4) is 0 Å². The van der Waals surface area contributed by atoms with E-state index in [1.165, 1.54) is 42.9 Å². The highest BCUT2D eigenvalue weighted by Crippen LogP contribution is 2.25. The Morgan fingerprint density at radius 2 is 1.89 bits per heavy atom. The van der Waals surface area contributed by atoms with Crippen LogP contribution in [0.25, 0.3) is 11.8 Å². The van der Waals surface area contributed by atoms with Gasteiger partial charge in [0.05, 0.1) is 23.3 Å². The fourth-order valence-corrected chi connectivity index (χ4v) is 2.44. The molecule has 3 aromatic rings. The second-order valence-electron chi connectivity index (χ2n) is 5.91. The van der Waals surface area contributed by atoms with Crippen LogP contribution in [0.4, 0.5) is 20.2 Å². The first kappa shape index (κ1) is 18.9. The molecular formula is C21H17F2N5. The van der Waals surface area contributed by atoms with Gasteiger partial charge in [-0.1, -0.05) is 24.8 Å². The number of nitrogens with one attached hydrogen (secondary N) is 2. The summed E-state index contributed by atoms with van der Waals surface area (Å²) in [6.07, 6.45) is 7.68. The van der Waals surface area contributed by atoms with E-state index in [4.69, 9.17) is 11.1 Å². The van der Waals surface area contributed by atoms with E-state index in [9.17, 15) is 8.78 Å². The van der Waals surface area contributed by atoms with Crippen molar-refractivity contribution < 1.29 is 8.78 Å². The molecule has 0 atom stereocenters. The van der Waals surface area contributed by atoms with Gasteiger partial charge in [0.15, 0.2) is 0 Å². The molecule has 7 heteroatoms. The Balaban J connectivity index is 1.83. The monoisotopic (exact) mass is 377 g/mol. The molecule has 0 aliphatic heterocycles. The van der Waals surface area contributed by atoms with Crippen LogP contribution in [0.3, 0.4) is 0 Å². The largest absolute Gasteiger partial charge is 0.398 e. The number of anilines is 2. The number of aromatic nitrogens is 2. The number of nitrogen functional groups attached to an aromatic ring is 1. The molecular weight excluding hydrogens is 360 g/mol. The second kappa shape index (κ2) is 8.22. The standard InChI is InChI=1S/C21H17F2N5/c1-13(21-12-26-8-9-27-21)28-20-10-16(19(25)11-17(20)23)18(24)7-4-14-2-5-15(22)6-3-14/h2-12,24,28H,1,25H2/b7-4+,24-18?. The Kier molecular flexibility index (Phi) is 5.55. The Bertz CT molecular complexity index is 1040. The molecule has 140 valence electrons. The van der Waals surface area contributed by atoms with Gasteiger partial charge in [-0.05, 0) is 35.9 Å². The molecule has 0 fully saturated rings. The lowest BCUT2D eigenvalue weighted by Gasteiger charge is -2.13. The summed E-state index contributed by atoms with van der Waals surface area (Å²) < 4.78 is 27.3. The number of hydrogen-bond acceptors (Lipinski definition) is 5. The number of nitrogens with two attached hydrogens (primary N) is 1. The first-order chi connectivity index (χ1) is 13.4. The molecule has 0 radical (unpaired) electrons. The lowest BCUT2D eigenvalue weighted by Crippen LogP contribution is -2.07. The Morgan fingerprint density at radius 1 is 1.14 bits per heavy atom. The highest BCUT2D eigenvalue weighted by Gasteiger charge is 2.12. The molecule has 0 saturated heterocycles. The molecule has 0 bridgehead atoms. The van der Waals surface area contributed by atoms with Crippen LogP contribution in [0.2, 0.25) is 0 Å². The summed E-state index contributed by atoms with van der Waals surface area (Å²) in [6, 6.07) is 8.41. The first-order valence-electron chi connectivity index (χ1n) is 8.28. The third-order valence-corrected chi connectivity index (χ3v) is 3.90. The van der Waals surface area contributed by atoms with Crippen LogP contribution < -0.4 is 11.1 Å². The maximum Gasteiger partial charge on any atom is 0.148 e. The van der Waals surface area contributed by atoms with E-state index in [-0.39, 0.29) is 22.9 Å². The van der Waals surface area contributed by atoms with E-state index in [1.54, 1.807) is 18.2 Å². The normalized spacial score (nSPS) is 10.8. The molecule has 1 heterocycles. The summed E-state index contributed by atoms with van der Waals surface area (Å²) in [7, 11) is 0. The van der Waals surface area contributed by atoms with Crippen LogP contribution in [0.15, 0.2) is 67.6 Å². The van der Waals surface area contributed by atoms with E-state index in [0.29, 0.717) is 17.0 Å². The van der Waals surface area contributed by atoms with Gasteiger partial charge in [-0.3, -0.25) is 9.97 Å². The fraction of sp³-hybridized carbons (Fsp3) is 0. The summed E-state index contributed by atoms with van der Waals surface area (Å²) in [5.74, 6) is -0.921. The highest BCUT2D eigenvalue weighted by atomic mass is 19.1. The van der Waals surface area contributed by atoms with E-state index in [2.05, 4.69) is 21.9 Å². The summed E-state index contributed by atoms with van der Waals surface area (Å²) in [6.45, 7) is 3.83. The molecule has 0 spiro atoms. The van der Waals surface area contributed by atoms with E-state index in [1.807, 2.05) is 0 Å². The van der Waals surface area contributed by atoms with Gasteiger partial charge in [-0.25, -0.2) is 8.78 Å². The molecule has 0 unspecified atom stereocenters. The Hall–Kier alpha value is -3.87. The van der Waals surface area contributed by atoms with Crippen LogP contribution in [-0.4, -0.2) is 15.7 Å². The van der Waals surface area contributed by atoms with Gasteiger partial charge in [0, 0.05) is 23.6 Å². The minimum Gasteiger partial charge on any atom is -0.398 e. The van der Waals surface area contributed by atoms with Gasteiger partial charge in [-0.15, -0.1) is 0 Å². The van der Waals surface area contributed by atoms with Crippen LogP contribution >= 0.6 is 0 Å². The zero-order chi connectivity index (χ0) is 20.1. The predicted molar refractivity (Wildman–Crippen MR) is 108 cm³/mol. The number of halogens is 2. The maximum absolute atomic E-state index is 14.3. The predicted octanol–water partition coefficient (Wildman–Crippen LogP) is 4.50. The summed E-state index contributed by atoms with van der Waals surface area (Å²) >= 11 is 0. The molecule has 0 aliphatic rings. The molecule has 0 amide bonds. The van der Waals surface area contributed by atoms with E-state index in [0.717, 1.165) is 11.6 Å². The maximum atomic E-state index is 14.3. The number of allylic oxidation sites excluding steroid dienone is 1. The van der Waals surface area contributed by atoms with Crippen molar-refractivity contribution in [1.29, 1.82) is 5.41 Å². The summed E-state index contributed by atoms with van der Waals surface area (Å²) in [5.41, 5.74) is 8.09. The third-order valence-electron chi connectivity index (χ3n) is 3.90. The lowest BCUT2D eigenvalue weighted by atomic mass is 10.0. The number of nitrogens with zero attached hydrogens (tertiary/aromatic N) is 2. The SMILES string of the molecule is C=C(Nc1cc(C(=N)/C=C/c2ccc(F)cc2)c(N)cc1F)c1cnccn1. The minimum absolute atomic E-state index is 0.0787. The van der Waals surface area contributed by atoms with Gasteiger partial charge in [0.2, 0.25) is 0 Å². The van der Waals surface area contributed by atoms with E-state index < -0.39 is 5.82 Å². The molecule has 5 nitrogen and oxygen atoms in total. The number of rotatable bonds is 6. The lowest BCUT2D eigenvalue weighted by molar-refractivity contribution is 0.627. The van der Waals surface area contributed by atoms with Crippen LogP contribution in [-0.2, 0) is 0 Å². The smallest absolute Gasteiger partial charge is 0.148 e. The highest BCUT2D eigenvalue weighted by molar-refractivity contribution is 6.12. The number of hydrogen-bond donors (Lipinski definition) is 3. The van der Waals surface area contributed by atoms with Crippen molar-refractivity contribution in [3.63, 3.8) is 0 Å². The van der Waals surface area contributed by atoms with Gasteiger partial charge in [0.1, 0.15) is 17.3 Å². The van der Waals surface area contributed by atoms with Gasteiger partial charge >= 0.3 is 0 Å². The molecule has 0 aliphatic carbocycles. The van der Waals surface area contributed by atoms with Gasteiger partial charge in [-0.2, -0.15) is 0 Å². The topological polar surface area (TPSA) is 87.7 Å². The summed E-state index contributed by atoms with van der Waals surface area (Å²) in [5, 5.41) is 11.1. The zero-order valence-electron chi connectivity index (χ0n) is 14.8. The van der Waals surface area contributed by atoms with Crippen molar-refractivity contribution in [3.05, 3.63) is 96.1 Å². The number of benzene rings is 2. The van der Waals surface area contributed by atoms with Crippen molar-refractivity contribution in [2.24, 2.45) is 0 Å². The Labute approximate surface area is 160 Å². The molecule has 3 rings (SSSR count). The summed E-state index contributed by atoms with van der Waals surface area (Å²) in [4.78, 5) is 8.04. The van der Waals surface area contributed by atoms with Crippen molar-refractivity contribution >= 4 is 28.9 Å². The third kappa shape index (κ3) is 4.45. The van der Waals surface area contributed by atoms with Crippen molar-refractivity contribution in [2.75, 3.05) is 11.1 Å². The molecule has 1 aromatic heterocycles. The van der Waals surface area contributed by atoms with Gasteiger partial charge < -0.3 is 16.5 Å². The van der Waals surface area contributed by atoms with Gasteiger partial charge in [0.25, 0.3) is 0 Å². The van der Waals surface area contributed by atoms with E-state index >= 15 is 0 Å². The van der Waals surface area contributed by atoms with Crippen LogP contribution in [0, 0.1) is 17.0 Å². The molecule has 0 saturated carbocycles. The Morgan fingerprint density at radius 3 is 2.57 bits per heavy atom. The average molecular weight is 377 g/mol. The zero-order valence-corrected chi connectivity index (χ0v) is 14.8.